The lowest BCUT2D eigenvalue weighted by atomic mass is 10.1. The molecule has 0 saturated carbocycles. The molecule has 78 valence electrons. The molecular weight excluding hydrogens is 210 g/mol. The number of amidine groups is 1. The van der Waals surface area contributed by atoms with Crippen LogP contribution in [-0.2, 0) is 0 Å². The average molecular weight is 221 g/mol. The summed E-state index contributed by atoms with van der Waals surface area (Å²) in [6.45, 7) is 0. The summed E-state index contributed by atoms with van der Waals surface area (Å²) in [5.41, 5.74) is 7.50. The number of thioether (sulfide) groups is 1. The fourth-order valence-electron chi connectivity index (χ4n) is 1.23. The fraction of sp³-hybridized carbons (Fsp3) is 0.200. The van der Waals surface area contributed by atoms with Crippen molar-refractivity contribution in [2.75, 3.05) is 12.9 Å². The van der Waals surface area contributed by atoms with Crippen LogP contribution in [-0.4, -0.2) is 23.7 Å². The van der Waals surface area contributed by atoms with E-state index in [2.05, 4.69) is 10.2 Å². The van der Waals surface area contributed by atoms with Crippen molar-refractivity contribution in [1.29, 1.82) is 0 Å². The van der Waals surface area contributed by atoms with Crippen LogP contribution in [0.1, 0.15) is 5.56 Å². The topological polar surface area (TPSA) is 60.0 Å². The summed E-state index contributed by atoms with van der Waals surface area (Å²) in [4.78, 5) is 0. The molecule has 0 saturated heterocycles. The average Bonchev–Trinajstić information content (AvgIpc) is 2.30. The molecule has 1 heterocycles. The molecule has 0 radical (unpaired) electrons. The van der Waals surface area contributed by atoms with Crippen molar-refractivity contribution in [3.63, 3.8) is 0 Å². The zero-order valence-electron chi connectivity index (χ0n) is 8.30. The highest BCUT2D eigenvalue weighted by molar-refractivity contribution is 8.14. The number of hydrogen-bond acceptors (Lipinski definition) is 5. The van der Waals surface area contributed by atoms with E-state index in [-0.39, 0.29) is 0 Å². The molecule has 0 bridgehead atoms. The van der Waals surface area contributed by atoms with Gasteiger partial charge in [0.25, 0.3) is 0 Å². The van der Waals surface area contributed by atoms with Crippen LogP contribution in [0.25, 0.3) is 0 Å². The monoisotopic (exact) mass is 221 g/mol. The third-order valence-corrected chi connectivity index (χ3v) is 2.84. The smallest absolute Gasteiger partial charge is 0.180 e. The second-order valence-corrected chi connectivity index (χ2v) is 4.00. The Kier molecular flexibility index (Phi) is 2.91. The zero-order chi connectivity index (χ0) is 10.7. The molecule has 2 rings (SSSR count). The lowest BCUT2D eigenvalue weighted by Crippen LogP contribution is -2.16. The van der Waals surface area contributed by atoms with E-state index in [1.165, 1.54) is 11.8 Å². The second-order valence-electron chi connectivity index (χ2n) is 3.00. The van der Waals surface area contributed by atoms with E-state index in [4.69, 9.17) is 10.5 Å². The summed E-state index contributed by atoms with van der Waals surface area (Å²) < 4.78 is 5.08. The molecule has 1 aromatic rings. The van der Waals surface area contributed by atoms with Gasteiger partial charge in [0.1, 0.15) is 5.75 Å². The van der Waals surface area contributed by atoms with Gasteiger partial charge in [-0.1, -0.05) is 11.8 Å². The maximum absolute atomic E-state index is 5.51. The van der Waals surface area contributed by atoms with Gasteiger partial charge in [0.05, 0.1) is 12.8 Å². The van der Waals surface area contributed by atoms with Crippen molar-refractivity contribution in [3.05, 3.63) is 29.8 Å². The molecule has 2 N–H and O–H groups in total. The van der Waals surface area contributed by atoms with Gasteiger partial charge in [-0.2, -0.15) is 5.10 Å². The normalized spacial score (nSPS) is 15.5. The van der Waals surface area contributed by atoms with Crippen LogP contribution < -0.4 is 10.5 Å². The van der Waals surface area contributed by atoms with Gasteiger partial charge in [0, 0.05) is 5.75 Å². The molecule has 1 aliphatic heterocycles. The minimum atomic E-state index is 0.521. The Balaban J connectivity index is 2.23. The van der Waals surface area contributed by atoms with Gasteiger partial charge in [-0.15, -0.1) is 5.10 Å². The molecular formula is C10H11N3OS. The molecule has 0 spiro atoms. The lowest BCUT2D eigenvalue weighted by Gasteiger charge is -2.09. The molecule has 15 heavy (non-hydrogen) atoms. The molecule has 5 heteroatoms. The summed E-state index contributed by atoms with van der Waals surface area (Å²) in [6, 6.07) is 7.75. The van der Waals surface area contributed by atoms with Gasteiger partial charge in [0.15, 0.2) is 5.17 Å². The predicted molar refractivity (Wildman–Crippen MR) is 63.6 cm³/mol. The third kappa shape index (κ3) is 2.30. The SMILES string of the molecule is COc1ccc(C2=NN=C(N)SC2)cc1. The summed E-state index contributed by atoms with van der Waals surface area (Å²) in [7, 11) is 1.65. The third-order valence-electron chi connectivity index (χ3n) is 2.05. The van der Waals surface area contributed by atoms with Crippen LogP contribution in [0, 0.1) is 0 Å². The van der Waals surface area contributed by atoms with E-state index in [0.717, 1.165) is 22.8 Å². The van der Waals surface area contributed by atoms with E-state index in [9.17, 15) is 0 Å². The van der Waals surface area contributed by atoms with Gasteiger partial charge >= 0.3 is 0 Å². The first-order valence-corrected chi connectivity index (χ1v) is 5.45. The maximum Gasteiger partial charge on any atom is 0.180 e. The molecule has 0 aliphatic carbocycles. The highest BCUT2D eigenvalue weighted by atomic mass is 32.2. The largest absolute Gasteiger partial charge is 0.497 e. The minimum Gasteiger partial charge on any atom is -0.497 e. The van der Waals surface area contributed by atoms with Crippen LogP contribution in [0.4, 0.5) is 0 Å². The molecule has 0 aromatic heterocycles. The number of benzene rings is 1. The van der Waals surface area contributed by atoms with Crippen LogP contribution in [0.2, 0.25) is 0 Å². The number of methoxy groups -OCH3 is 1. The van der Waals surface area contributed by atoms with Gasteiger partial charge in [-0.3, -0.25) is 0 Å². The zero-order valence-corrected chi connectivity index (χ0v) is 9.12. The molecule has 4 nitrogen and oxygen atoms in total. The van der Waals surface area contributed by atoms with Crippen molar-refractivity contribution in [2.24, 2.45) is 15.9 Å². The van der Waals surface area contributed by atoms with Crippen molar-refractivity contribution in [3.8, 4) is 5.75 Å². The molecule has 1 aliphatic rings. The van der Waals surface area contributed by atoms with E-state index in [1.807, 2.05) is 24.3 Å². The second kappa shape index (κ2) is 4.35. The molecule has 1 aromatic carbocycles. The number of ether oxygens (including phenoxy) is 1. The molecule has 0 unspecified atom stereocenters. The highest BCUT2D eigenvalue weighted by Gasteiger charge is 2.09. The first-order valence-electron chi connectivity index (χ1n) is 4.47. The van der Waals surface area contributed by atoms with Crippen molar-refractivity contribution in [1.82, 2.24) is 0 Å². The Labute approximate surface area is 92.2 Å². The van der Waals surface area contributed by atoms with Crippen LogP contribution in [0.3, 0.4) is 0 Å². The van der Waals surface area contributed by atoms with Crippen LogP contribution >= 0.6 is 11.8 Å². The predicted octanol–water partition coefficient (Wildman–Crippen LogP) is 1.46. The fourth-order valence-corrected chi connectivity index (χ4v) is 1.84. The molecule has 0 amide bonds. The van der Waals surface area contributed by atoms with Gasteiger partial charge in [0.2, 0.25) is 0 Å². The summed E-state index contributed by atoms with van der Waals surface area (Å²) in [5, 5.41) is 8.42. The summed E-state index contributed by atoms with van der Waals surface area (Å²) in [5.74, 6) is 1.60. The van der Waals surface area contributed by atoms with E-state index >= 15 is 0 Å². The molecule has 0 atom stereocenters. The first-order chi connectivity index (χ1) is 7.29. The molecule has 0 fully saturated rings. The quantitative estimate of drug-likeness (QED) is 0.822. The van der Waals surface area contributed by atoms with Gasteiger partial charge in [-0.05, 0) is 29.8 Å². The number of rotatable bonds is 2. The minimum absolute atomic E-state index is 0.521. The van der Waals surface area contributed by atoms with Crippen molar-refractivity contribution < 1.29 is 4.74 Å². The Morgan fingerprint density at radius 3 is 2.53 bits per heavy atom. The lowest BCUT2D eigenvalue weighted by molar-refractivity contribution is 0.415. The maximum atomic E-state index is 5.51. The van der Waals surface area contributed by atoms with Crippen molar-refractivity contribution in [2.45, 2.75) is 0 Å². The summed E-state index contributed by atoms with van der Waals surface area (Å²) in [6.07, 6.45) is 0. The number of nitrogens with two attached hydrogens (primary N) is 1. The van der Waals surface area contributed by atoms with E-state index in [0.29, 0.717) is 5.17 Å². The number of hydrogen-bond donors (Lipinski definition) is 1. The highest BCUT2D eigenvalue weighted by Crippen LogP contribution is 2.16. The Morgan fingerprint density at radius 1 is 1.27 bits per heavy atom. The van der Waals surface area contributed by atoms with Crippen LogP contribution in [0.15, 0.2) is 34.5 Å². The Morgan fingerprint density at radius 2 is 2.00 bits per heavy atom. The van der Waals surface area contributed by atoms with Crippen molar-refractivity contribution >= 4 is 22.6 Å². The Hall–Kier alpha value is -1.49. The van der Waals surface area contributed by atoms with E-state index < -0.39 is 0 Å². The number of nitrogens with zero attached hydrogens (tertiary/aromatic N) is 2. The van der Waals surface area contributed by atoms with E-state index in [1.54, 1.807) is 7.11 Å². The van der Waals surface area contributed by atoms with Crippen LogP contribution in [0.5, 0.6) is 5.75 Å². The van der Waals surface area contributed by atoms with Gasteiger partial charge in [-0.25, -0.2) is 0 Å². The standard InChI is InChI=1S/C10H11N3OS/c1-14-8-4-2-7(3-5-8)9-6-15-10(11)13-12-9/h2-5H,6H2,1H3,(H2,11,13). The van der Waals surface area contributed by atoms with Gasteiger partial charge < -0.3 is 10.5 Å². The first kappa shape index (κ1) is 10.0. The Bertz CT molecular complexity index is 411. The summed E-state index contributed by atoms with van der Waals surface area (Å²) >= 11 is 1.50.